The van der Waals surface area contributed by atoms with Crippen LogP contribution in [0.2, 0.25) is 0 Å². The lowest BCUT2D eigenvalue weighted by atomic mass is 10.1. The minimum absolute atomic E-state index is 0.0125. The number of hydrogen-bond acceptors (Lipinski definition) is 4. The molecule has 152 valence electrons. The maximum absolute atomic E-state index is 12.9. The number of benzene rings is 2. The largest absolute Gasteiger partial charge is 0.495 e. The molecule has 0 unspecified atom stereocenters. The molecular formula is C20H25BrN2O4S. The van der Waals surface area contributed by atoms with Gasteiger partial charge in [0.05, 0.1) is 13.2 Å². The molecule has 28 heavy (non-hydrogen) atoms. The van der Waals surface area contributed by atoms with Gasteiger partial charge in [-0.25, -0.2) is 8.42 Å². The molecule has 0 fully saturated rings. The standard InChI is InChI=1S/C20H25BrN2O4S/c1-5-23(6-2)28(25,26)19-13-16(10-11-18(19)27-4)20(24)22-14(3)15-8-7-9-17(21)12-15/h7-14H,5-6H2,1-4H3,(H,22,24)/t14-/m0/s1. The van der Waals surface area contributed by atoms with Crippen LogP contribution in [-0.2, 0) is 10.0 Å². The van der Waals surface area contributed by atoms with E-state index in [0.29, 0.717) is 13.1 Å². The maximum Gasteiger partial charge on any atom is 0.251 e. The van der Waals surface area contributed by atoms with Crippen molar-refractivity contribution in [3.05, 3.63) is 58.1 Å². The van der Waals surface area contributed by atoms with E-state index >= 15 is 0 Å². The van der Waals surface area contributed by atoms with Crippen molar-refractivity contribution in [3.63, 3.8) is 0 Å². The second-order valence-corrected chi connectivity index (χ2v) is 9.03. The highest BCUT2D eigenvalue weighted by molar-refractivity contribution is 9.10. The van der Waals surface area contributed by atoms with Crippen LogP contribution in [0.1, 0.15) is 42.7 Å². The van der Waals surface area contributed by atoms with Crippen molar-refractivity contribution in [1.29, 1.82) is 0 Å². The Bertz CT molecular complexity index is 943. The SMILES string of the molecule is CCN(CC)S(=O)(=O)c1cc(C(=O)N[C@@H](C)c2cccc(Br)c2)ccc1OC. The van der Waals surface area contributed by atoms with E-state index in [-0.39, 0.29) is 28.2 Å². The van der Waals surface area contributed by atoms with Crippen molar-refractivity contribution in [3.8, 4) is 5.75 Å². The summed E-state index contributed by atoms with van der Waals surface area (Å²) in [4.78, 5) is 12.7. The van der Waals surface area contributed by atoms with Crippen LogP contribution in [0, 0.1) is 0 Å². The predicted molar refractivity (Wildman–Crippen MR) is 113 cm³/mol. The van der Waals surface area contributed by atoms with Crippen LogP contribution in [0.5, 0.6) is 5.75 Å². The summed E-state index contributed by atoms with van der Waals surface area (Å²) in [6, 6.07) is 11.8. The van der Waals surface area contributed by atoms with Gasteiger partial charge in [-0.3, -0.25) is 4.79 Å². The van der Waals surface area contributed by atoms with Gasteiger partial charge in [0.2, 0.25) is 10.0 Å². The molecule has 8 heteroatoms. The molecule has 6 nitrogen and oxygen atoms in total. The minimum atomic E-state index is -3.76. The molecule has 0 aliphatic heterocycles. The van der Waals surface area contributed by atoms with Crippen LogP contribution in [0.25, 0.3) is 0 Å². The van der Waals surface area contributed by atoms with Crippen molar-refractivity contribution in [2.75, 3.05) is 20.2 Å². The van der Waals surface area contributed by atoms with Gasteiger partial charge < -0.3 is 10.1 Å². The minimum Gasteiger partial charge on any atom is -0.495 e. The van der Waals surface area contributed by atoms with Gasteiger partial charge in [0.25, 0.3) is 5.91 Å². The first-order valence-corrected chi connectivity index (χ1v) is 11.2. The fraction of sp³-hybridized carbons (Fsp3) is 0.350. The topological polar surface area (TPSA) is 75.7 Å². The molecule has 0 spiro atoms. The van der Waals surface area contributed by atoms with Crippen molar-refractivity contribution < 1.29 is 17.9 Å². The molecule has 1 N–H and O–H groups in total. The van der Waals surface area contributed by atoms with E-state index in [1.807, 2.05) is 31.2 Å². The average molecular weight is 469 g/mol. The lowest BCUT2D eigenvalue weighted by Gasteiger charge is -2.21. The van der Waals surface area contributed by atoms with Crippen molar-refractivity contribution in [2.24, 2.45) is 0 Å². The van der Waals surface area contributed by atoms with E-state index in [4.69, 9.17) is 4.74 Å². The third kappa shape index (κ3) is 4.92. The fourth-order valence-corrected chi connectivity index (χ4v) is 4.92. The van der Waals surface area contributed by atoms with Crippen LogP contribution in [0.15, 0.2) is 51.8 Å². The van der Waals surface area contributed by atoms with Gasteiger partial charge in [0, 0.05) is 23.1 Å². The van der Waals surface area contributed by atoms with Crippen LogP contribution >= 0.6 is 15.9 Å². The third-order valence-electron chi connectivity index (χ3n) is 4.45. The highest BCUT2D eigenvalue weighted by Crippen LogP contribution is 2.28. The number of methoxy groups -OCH3 is 1. The van der Waals surface area contributed by atoms with Crippen LogP contribution in [0.4, 0.5) is 0 Å². The molecule has 1 amide bonds. The van der Waals surface area contributed by atoms with Crippen molar-refractivity contribution in [1.82, 2.24) is 9.62 Å². The fourth-order valence-electron chi connectivity index (χ4n) is 2.86. The van der Waals surface area contributed by atoms with Gasteiger partial charge in [-0.2, -0.15) is 4.31 Å². The molecule has 0 bridgehead atoms. The highest BCUT2D eigenvalue weighted by atomic mass is 79.9. The summed E-state index contributed by atoms with van der Waals surface area (Å²) >= 11 is 3.42. The molecule has 0 aliphatic rings. The number of carbonyl (C=O) groups is 1. The predicted octanol–water partition coefficient (Wildman–Crippen LogP) is 3.98. The summed E-state index contributed by atoms with van der Waals surface area (Å²) in [5.41, 5.74) is 1.20. The van der Waals surface area contributed by atoms with E-state index < -0.39 is 10.0 Å². The molecular weight excluding hydrogens is 444 g/mol. The highest BCUT2D eigenvalue weighted by Gasteiger charge is 2.27. The Morgan fingerprint density at radius 2 is 1.86 bits per heavy atom. The van der Waals surface area contributed by atoms with Gasteiger partial charge in [-0.1, -0.05) is 41.9 Å². The Morgan fingerprint density at radius 1 is 1.18 bits per heavy atom. The molecule has 0 aliphatic carbocycles. The Hall–Kier alpha value is -1.90. The zero-order valence-corrected chi connectivity index (χ0v) is 18.8. The Balaban J connectivity index is 2.35. The number of nitrogens with zero attached hydrogens (tertiary/aromatic N) is 1. The Labute approximate surface area is 175 Å². The lowest BCUT2D eigenvalue weighted by Crippen LogP contribution is -2.31. The molecule has 0 aromatic heterocycles. The molecule has 1 atom stereocenters. The zero-order valence-electron chi connectivity index (χ0n) is 16.4. The first-order valence-electron chi connectivity index (χ1n) is 8.99. The lowest BCUT2D eigenvalue weighted by molar-refractivity contribution is 0.0939. The summed E-state index contributed by atoms with van der Waals surface area (Å²) in [5.74, 6) is -0.144. The number of halogens is 1. The molecule has 2 aromatic rings. The van der Waals surface area contributed by atoms with Crippen LogP contribution < -0.4 is 10.1 Å². The Kier molecular flexibility index (Phi) is 7.63. The quantitative estimate of drug-likeness (QED) is 0.635. The van der Waals surface area contributed by atoms with E-state index in [2.05, 4.69) is 21.2 Å². The van der Waals surface area contributed by atoms with Gasteiger partial charge in [0.15, 0.2) is 0 Å². The molecule has 2 rings (SSSR count). The normalized spacial score (nSPS) is 12.6. The van der Waals surface area contributed by atoms with E-state index in [1.165, 1.54) is 23.5 Å². The van der Waals surface area contributed by atoms with Gasteiger partial charge in [-0.15, -0.1) is 0 Å². The number of carbonyl (C=O) groups excluding carboxylic acids is 1. The molecule has 0 saturated carbocycles. The first kappa shape index (κ1) is 22.4. The summed E-state index contributed by atoms with van der Waals surface area (Å²) in [7, 11) is -2.36. The molecule has 0 radical (unpaired) electrons. The number of ether oxygens (including phenoxy) is 1. The smallest absolute Gasteiger partial charge is 0.251 e. The zero-order chi connectivity index (χ0) is 20.9. The molecule has 0 heterocycles. The second kappa shape index (κ2) is 9.54. The van der Waals surface area contributed by atoms with Crippen molar-refractivity contribution >= 4 is 31.9 Å². The first-order chi connectivity index (χ1) is 13.2. The molecule has 2 aromatic carbocycles. The van der Waals surface area contributed by atoms with E-state index in [1.54, 1.807) is 19.9 Å². The van der Waals surface area contributed by atoms with E-state index in [9.17, 15) is 13.2 Å². The Morgan fingerprint density at radius 3 is 2.43 bits per heavy atom. The number of hydrogen-bond donors (Lipinski definition) is 1. The van der Waals surface area contributed by atoms with Crippen LogP contribution in [-0.4, -0.2) is 38.8 Å². The maximum atomic E-state index is 12.9. The second-order valence-electron chi connectivity index (χ2n) is 6.21. The monoisotopic (exact) mass is 468 g/mol. The summed E-state index contributed by atoms with van der Waals surface area (Å²) in [6.45, 7) is 6.07. The average Bonchev–Trinajstić information content (AvgIpc) is 2.68. The summed E-state index contributed by atoms with van der Waals surface area (Å²) in [6.07, 6.45) is 0. The van der Waals surface area contributed by atoms with Gasteiger partial charge in [-0.05, 0) is 42.8 Å². The summed E-state index contributed by atoms with van der Waals surface area (Å²) in [5, 5.41) is 2.90. The van der Waals surface area contributed by atoms with Crippen LogP contribution in [0.3, 0.4) is 0 Å². The van der Waals surface area contributed by atoms with Gasteiger partial charge in [0.1, 0.15) is 10.6 Å². The summed E-state index contributed by atoms with van der Waals surface area (Å²) < 4.78 is 33.4. The number of amides is 1. The van der Waals surface area contributed by atoms with Gasteiger partial charge >= 0.3 is 0 Å². The van der Waals surface area contributed by atoms with Crippen molar-refractivity contribution in [2.45, 2.75) is 31.7 Å². The number of rotatable bonds is 8. The third-order valence-corrected chi connectivity index (χ3v) is 7.01. The van der Waals surface area contributed by atoms with E-state index in [0.717, 1.165) is 10.0 Å². The number of sulfonamides is 1. The number of nitrogens with one attached hydrogen (secondary N) is 1. The molecule has 0 saturated heterocycles.